The van der Waals surface area contributed by atoms with Gasteiger partial charge in [-0.2, -0.15) is 0 Å². The van der Waals surface area contributed by atoms with Crippen LogP contribution in [0.4, 0.5) is 11.4 Å². The molecule has 0 spiro atoms. The third-order valence-electron chi connectivity index (χ3n) is 4.90. The summed E-state index contributed by atoms with van der Waals surface area (Å²) in [5, 5.41) is 11.8. The number of rotatable bonds is 8. The van der Waals surface area contributed by atoms with Crippen LogP contribution in [-0.2, 0) is 14.8 Å². The number of amides is 1. The Morgan fingerprint density at radius 3 is 2.09 bits per heavy atom. The van der Waals surface area contributed by atoms with Gasteiger partial charge in [-0.1, -0.05) is 56.3 Å². The van der Waals surface area contributed by atoms with Crippen molar-refractivity contribution in [2.75, 3.05) is 16.2 Å². The average molecular weight is 453 g/mol. The summed E-state index contributed by atoms with van der Waals surface area (Å²) < 4.78 is 27.8. The molecule has 0 saturated carbocycles. The maximum atomic E-state index is 13.4. The Kier molecular flexibility index (Phi) is 6.95. The lowest BCUT2D eigenvalue weighted by atomic mass is 10.0. The predicted octanol–water partition coefficient (Wildman–Crippen LogP) is 4.34. The number of nitrogens with zero attached hydrogens (tertiary/aromatic N) is 1. The van der Waals surface area contributed by atoms with E-state index in [1.165, 1.54) is 24.3 Å². The van der Waals surface area contributed by atoms with Crippen molar-refractivity contribution in [1.29, 1.82) is 0 Å². The Morgan fingerprint density at radius 2 is 1.50 bits per heavy atom. The molecule has 0 fully saturated rings. The van der Waals surface area contributed by atoms with Crippen LogP contribution >= 0.6 is 0 Å². The molecular weight excluding hydrogens is 428 g/mol. The highest BCUT2D eigenvalue weighted by Gasteiger charge is 2.27. The molecule has 0 unspecified atom stereocenters. The first-order valence-corrected chi connectivity index (χ1v) is 11.4. The van der Waals surface area contributed by atoms with E-state index >= 15 is 0 Å². The minimum absolute atomic E-state index is 0.0478. The third-order valence-corrected chi connectivity index (χ3v) is 6.69. The van der Waals surface area contributed by atoms with Gasteiger partial charge in [-0.25, -0.2) is 13.2 Å². The summed E-state index contributed by atoms with van der Waals surface area (Å²) in [7, 11) is -4.04. The van der Waals surface area contributed by atoms with Crippen molar-refractivity contribution < 1.29 is 23.1 Å². The zero-order valence-corrected chi connectivity index (χ0v) is 18.5. The van der Waals surface area contributed by atoms with Gasteiger partial charge in [0.25, 0.3) is 10.0 Å². The van der Waals surface area contributed by atoms with Gasteiger partial charge in [0.15, 0.2) is 0 Å². The Balaban J connectivity index is 1.96. The van der Waals surface area contributed by atoms with Crippen molar-refractivity contribution in [3.63, 3.8) is 0 Å². The lowest BCUT2D eigenvalue weighted by Gasteiger charge is -2.24. The first kappa shape index (κ1) is 23.0. The van der Waals surface area contributed by atoms with Crippen molar-refractivity contribution >= 4 is 33.3 Å². The van der Waals surface area contributed by atoms with E-state index in [1.54, 1.807) is 42.5 Å². The molecule has 0 aromatic heterocycles. The van der Waals surface area contributed by atoms with Crippen LogP contribution in [0.25, 0.3) is 0 Å². The summed E-state index contributed by atoms with van der Waals surface area (Å²) in [6.45, 7) is 3.54. The van der Waals surface area contributed by atoms with Crippen molar-refractivity contribution in [2.24, 2.45) is 0 Å². The third kappa shape index (κ3) is 5.15. The number of nitrogens with one attached hydrogen (secondary N) is 1. The van der Waals surface area contributed by atoms with Crippen molar-refractivity contribution in [3.8, 4) is 0 Å². The van der Waals surface area contributed by atoms with E-state index in [4.69, 9.17) is 0 Å². The number of anilines is 2. The quantitative estimate of drug-likeness (QED) is 0.529. The van der Waals surface area contributed by atoms with Crippen LogP contribution in [0.1, 0.15) is 35.7 Å². The molecule has 0 bridgehead atoms. The normalized spacial score (nSPS) is 11.2. The smallest absolute Gasteiger partial charge is 0.337 e. The molecule has 3 aromatic rings. The van der Waals surface area contributed by atoms with Crippen molar-refractivity contribution in [3.05, 3.63) is 90.0 Å². The Hall–Kier alpha value is -3.65. The number of carbonyl (C=O) groups is 2. The molecule has 0 aliphatic rings. The standard InChI is InChI=1S/C24H24N2O5S/c1-17(2)18-12-14-19(15-13-18)26(32(30,31)20-8-4-3-5-9-20)16-23(27)25-22-11-7-6-10-21(22)24(28)29/h3-15,17H,16H2,1-2H3,(H,25,27)(H,28,29). The lowest BCUT2D eigenvalue weighted by molar-refractivity contribution is -0.114. The van der Waals surface area contributed by atoms with Gasteiger partial charge in [-0.05, 0) is 47.9 Å². The molecule has 32 heavy (non-hydrogen) atoms. The second-order valence-electron chi connectivity index (χ2n) is 7.47. The van der Waals surface area contributed by atoms with Gasteiger partial charge in [0.1, 0.15) is 6.54 Å². The number of carbonyl (C=O) groups excluding carboxylic acids is 1. The summed E-state index contributed by atoms with van der Waals surface area (Å²) in [5.74, 6) is -1.59. The minimum Gasteiger partial charge on any atom is -0.478 e. The van der Waals surface area contributed by atoms with Gasteiger partial charge in [0.2, 0.25) is 5.91 Å². The van der Waals surface area contributed by atoms with E-state index in [0.29, 0.717) is 5.69 Å². The number of hydrogen-bond acceptors (Lipinski definition) is 4. The van der Waals surface area contributed by atoms with E-state index in [2.05, 4.69) is 5.32 Å². The minimum atomic E-state index is -4.04. The van der Waals surface area contributed by atoms with Crippen LogP contribution in [0.3, 0.4) is 0 Å². The molecule has 7 nitrogen and oxygen atoms in total. The zero-order valence-electron chi connectivity index (χ0n) is 17.7. The number of benzene rings is 3. The van der Waals surface area contributed by atoms with Gasteiger partial charge >= 0.3 is 5.97 Å². The molecule has 3 aromatic carbocycles. The van der Waals surface area contributed by atoms with Crippen LogP contribution in [-0.4, -0.2) is 31.9 Å². The molecule has 3 rings (SSSR count). The van der Waals surface area contributed by atoms with Crippen LogP contribution < -0.4 is 9.62 Å². The van der Waals surface area contributed by atoms with Crippen LogP contribution in [0.2, 0.25) is 0 Å². The highest BCUT2D eigenvalue weighted by molar-refractivity contribution is 7.92. The van der Waals surface area contributed by atoms with Crippen molar-refractivity contribution in [2.45, 2.75) is 24.7 Å². The second kappa shape index (κ2) is 9.65. The summed E-state index contributed by atoms with van der Waals surface area (Å²) >= 11 is 0. The van der Waals surface area contributed by atoms with Gasteiger partial charge in [0, 0.05) is 0 Å². The van der Waals surface area contributed by atoms with E-state index in [1.807, 2.05) is 26.0 Å². The van der Waals surface area contributed by atoms with E-state index in [-0.39, 0.29) is 22.1 Å². The van der Waals surface area contributed by atoms with Crippen molar-refractivity contribution in [1.82, 2.24) is 0 Å². The average Bonchev–Trinajstić information content (AvgIpc) is 2.78. The molecule has 1 amide bonds. The molecule has 0 saturated heterocycles. The molecule has 0 radical (unpaired) electrons. The molecule has 0 aliphatic heterocycles. The number of carboxylic acids is 1. The fraction of sp³-hybridized carbons (Fsp3) is 0.167. The first-order chi connectivity index (χ1) is 15.2. The molecule has 0 heterocycles. The number of hydrogen-bond donors (Lipinski definition) is 2. The van der Waals surface area contributed by atoms with E-state index in [0.717, 1.165) is 9.87 Å². The molecule has 0 atom stereocenters. The SMILES string of the molecule is CC(C)c1ccc(N(CC(=O)Nc2ccccc2C(=O)O)S(=O)(=O)c2ccccc2)cc1. The first-order valence-electron chi connectivity index (χ1n) is 10.00. The summed E-state index contributed by atoms with van der Waals surface area (Å²) in [6, 6.07) is 20.8. The van der Waals surface area contributed by atoms with E-state index < -0.39 is 28.4 Å². The van der Waals surface area contributed by atoms with Gasteiger partial charge in [-0.3, -0.25) is 9.10 Å². The van der Waals surface area contributed by atoms with E-state index in [9.17, 15) is 23.1 Å². The molecule has 166 valence electrons. The van der Waals surface area contributed by atoms with Crippen LogP contribution in [0.5, 0.6) is 0 Å². The van der Waals surface area contributed by atoms with Crippen LogP contribution in [0.15, 0.2) is 83.8 Å². The number of carboxylic acid groups (broad SMARTS) is 1. The van der Waals surface area contributed by atoms with Gasteiger partial charge in [0.05, 0.1) is 21.8 Å². The number of para-hydroxylation sites is 1. The Morgan fingerprint density at radius 1 is 0.906 bits per heavy atom. The molecular formula is C24H24N2O5S. The number of sulfonamides is 1. The maximum absolute atomic E-state index is 13.4. The topological polar surface area (TPSA) is 104 Å². The fourth-order valence-corrected chi connectivity index (χ4v) is 4.60. The predicted molar refractivity (Wildman–Crippen MR) is 124 cm³/mol. The second-order valence-corrected chi connectivity index (χ2v) is 9.33. The molecule has 8 heteroatoms. The highest BCUT2D eigenvalue weighted by Crippen LogP contribution is 2.26. The Labute approximate surface area is 187 Å². The number of aromatic carboxylic acids is 1. The fourth-order valence-electron chi connectivity index (χ4n) is 3.16. The van der Waals surface area contributed by atoms with Crippen LogP contribution in [0, 0.1) is 0 Å². The van der Waals surface area contributed by atoms with Gasteiger partial charge < -0.3 is 10.4 Å². The van der Waals surface area contributed by atoms with Gasteiger partial charge in [-0.15, -0.1) is 0 Å². The monoisotopic (exact) mass is 452 g/mol. The lowest BCUT2D eigenvalue weighted by Crippen LogP contribution is -2.38. The summed E-state index contributed by atoms with van der Waals surface area (Å²) in [4.78, 5) is 24.3. The molecule has 0 aliphatic carbocycles. The highest BCUT2D eigenvalue weighted by atomic mass is 32.2. The molecule has 2 N–H and O–H groups in total. The summed E-state index contributed by atoms with van der Waals surface area (Å²) in [5.41, 5.74) is 1.38. The maximum Gasteiger partial charge on any atom is 0.337 e. The Bertz CT molecular complexity index is 1210. The largest absolute Gasteiger partial charge is 0.478 e. The zero-order chi connectivity index (χ0) is 23.3. The summed E-state index contributed by atoms with van der Waals surface area (Å²) in [6.07, 6.45) is 0.